The van der Waals surface area contributed by atoms with E-state index in [9.17, 15) is 18.7 Å². The van der Waals surface area contributed by atoms with Gasteiger partial charge in [0.2, 0.25) is 0 Å². The molecule has 0 saturated heterocycles. The third kappa shape index (κ3) is 5.46. The van der Waals surface area contributed by atoms with Gasteiger partial charge in [0.05, 0.1) is 29.6 Å². The van der Waals surface area contributed by atoms with Gasteiger partial charge in [0.1, 0.15) is 17.5 Å². The Morgan fingerprint density at radius 2 is 2.03 bits per heavy atom. The molecule has 0 aliphatic rings. The van der Waals surface area contributed by atoms with Crippen molar-refractivity contribution in [3.8, 4) is 0 Å². The van der Waals surface area contributed by atoms with Gasteiger partial charge in [-0.05, 0) is 39.8 Å². The molecule has 31 heavy (non-hydrogen) atoms. The summed E-state index contributed by atoms with van der Waals surface area (Å²) in [5, 5.41) is 22.3. The molecule has 0 fully saturated rings. The standard InChI is InChI=1S/C21H26F2N6O2/c1-12(2)27-16-8-19(28-13-5-6-29-17(7-13)15(22)10-26-29)24-9-14(16)20(30)25-11-18(23)21(3,4)31/h5-10,12,18,31H,11H2,1-4H3,(H,25,30)(H2,24,27,28). The van der Waals surface area contributed by atoms with Crippen LogP contribution in [0.15, 0.2) is 36.8 Å². The number of pyridine rings is 2. The summed E-state index contributed by atoms with van der Waals surface area (Å²) in [6.45, 7) is 6.17. The van der Waals surface area contributed by atoms with E-state index in [1.165, 1.54) is 24.6 Å². The first kappa shape index (κ1) is 22.4. The molecule has 0 aromatic carbocycles. The van der Waals surface area contributed by atoms with Crippen LogP contribution in [-0.2, 0) is 0 Å². The van der Waals surface area contributed by atoms with E-state index >= 15 is 0 Å². The number of carbonyl (C=O) groups is 1. The largest absolute Gasteiger partial charge is 0.387 e. The Hall–Kier alpha value is -3.27. The van der Waals surface area contributed by atoms with Crippen LogP contribution in [0.2, 0.25) is 0 Å². The number of aromatic nitrogens is 3. The van der Waals surface area contributed by atoms with Crippen molar-refractivity contribution < 1.29 is 18.7 Å². The van der Waals surface area contributed by atoms with Gasteiger partial charge in [-0.1, -0.05) is 0 Å². The molecule has 0 radical (unpaired) electrons. The van der Waals surface area contributed by atoms with Crippen LogP contribution in [0.3, 0.4) is 0 Å². The fraction of sp³-hybridized carbons (Fsp3) is 0.381. The summed E-state index contributed by atoms with van der Waals surface area (Å²) < 4.78 is 29.2. The predicted molar refractivity (Wildman–Crippen MR) is 115 cm³/mol. The summed E-state index contributed by atoms with van der Waals surface area (Å²) in [6, 6.07) is 4.98. The van der Waals surface area contributed by atoms with E-state index < -0.39 is 23.5 Å². The molecule has 1 atom stereocenters. The van der Waals surface area contributed by atoms with E-state index in [1.54, 1.807) is 24.4 Å². The first-order valence-corrected chi connectivity index (χ1v) is 9.85. The molecule has 3 rings (SSSR count). The van der Waals surface area contributed by atoms with Crippen LogP contribution in [0.5, 0.6) is 0 Å². The number of hydrogen-bond acceptors (Lipinski definition) is 6. The lowest BCUT2D eigenvalue weighted by atomic mass is 10.0. The fourth-order valence-electron chi connectivity index (χ4n) is 2.84. The first-order valence-electron chi connectivity index (χ1n) is 9.85. The zero-order valence-corrected chi connectivity index (χ0v) is 17.8. The molecule has 8 nitrogen and oxygen atoms in total. The van der Waals surface area contributed by atoms with Gasteiger partial charge >= 0.3 is 0 Å². The van der Waals surface area contributed by atoms with Gasteiger partial charge in [-0.2, -0.15) is 5.10 Å². The molecular formula is C21H26F2N6O2. The molecule has 0 aliphatic carbocycles. The van der Waals surface area contributed by atoms with Crippen LogP contribution in [0.25, 0.3) is 5.52 Å². The summed E-state index contributed by atoms with van der Waals surface area (Å²) in [5.41, 5.74) is 0.0837. The molecule has 0 saturated carbocycles. The van der Waals surface area contributed by atoms with E-state index in [4.69, 9.17) is 0 Å². The molecule has 10 heteroatoms. The third-order valence-corrected chi connectivity index (χ3v) is 4.55. The maximum Gasteiger partial charge on any atom is 0.255 e. The number of aliphatic hydroxyl groups is 1. The predicted octanol–water partition coefficient (Wildman–Crippen LogP) is 3.27. The van der Waals surface area contributed by atoms with Crippen molar-refractivity contribution >= 4 is 28.6 Å². The minimum absolute atomic E-state index is 0.0179. The Kier molecular flexibility index (Phi) is 6.40. The zero-order valence-electron chi connectivity index (χ0n) is 17.8. The number of hydrogen-bond donors (Lipinski definition) is 4. The van der Waals surface area contributed by atoms with E-state index in [-0.39, 0.29) is 18.2 Å². The second-order valence-corrected chi connectivity index (χ2v) is 8.11. The number of alkyl halides is 1. The molecule has 1 unspecified atom stereocenters. The van der Waals surface area contributed by atoms with Gasteiger partial charge in [0, 0.05) is 30.2 Å². The average Bonchev–Trinajstić information content (AvgIpc) is 3.05. The Morgan fingerprint density at radius 1 is 1.29 bits per heavy atom. The lowest BCUT2D eigenvalue weighted by molar-refractivity contribution is -0.00177. The highest BCUT2D eigenvalue weighted by Gasteiger charge is 2.27. The maximum absolute atomic E-state index is 14.0. The summed E-state index contributed by atoms with van der Waals surface area (Å²) in [4.78, 5) is 16.8. The highest BCUT2D eigenvalue weighted by molar-refractivity contribution is 5.99. The molecule has 1 amide bonds. The van der Waals surface area contributed by atoms with Gasteiger partial charge in [-0.15, -0.1) is 0 Å². The summed E-state index contributed by atoms with van der Waals surface area (Å²) in [5.74, 6) is -0.524. The van der Waals surface area contributed by atoms with Crippen LogP contribution < -0.4 is 16.0 Å². The van der Waals surface area contributed by atoms with Crippen molar-refractivity contribution in [1.82, 2.24) is 19.9 Å². The van der Waals surface area contributed by atoms with Gasteiger partial charge in [0.25, 0.3) is 5.91 Å². The quantitative estimate of drug-likeness (QED) is 0.436. The van der Waals surface area contributed by atoms with Gasteiger partial charge in [-0.3, -0.25) is 4.79 Å². The van der Waals surface area contributed by atoms with Gasteiger partial charge in [-0.25, -0.2) is 18.3 Å². The average molecular weight is 432 g/mol. The zero-order chi connectivity index (χ0) is 22.8. The number of nitrogens with one attached hydrogen (secondary N) is 3. The van der Waals surface area contributed by atoms with Crippen molar-refractivity contribution in [2.45, 2.75) is 45.5 Å². The maximum atomic E-state index is 14.0. The molecule has 4 N–H and O–H groups in total. The number of rotatable bonds is 8. The third-order valence-electron chi connectivity index (χ3n) is 4.55. The van der Waals surface area contributed by atoms with Gasteiger partial charge in [0.15, 0.2) is 5.82 Å². The van der Waals surface area contributed by atoms with Crippen molar-refractivity contribution in [2.75, 3.05) is 17.2 Å². The molecule has 3 heterocycles. The number of nitrogens with zero attached hydrogens (tertiary/aromatic N) is 3. The Balaban J connectivity index is 1.81. The number of anilines is 3. The van der Waals surface area contributed by atoms with Crippen molar-refractivity contribution in [3.63, 3.8) is 0 Å². The van der Waals surface area contributed by atoms with Crippen LogP contribution >= 0.6 is 0 Å². The van der Waals surface area contributed by atoms with Crippen LogP contribution in [0, 0.1) is 5.82 Å². The molecule has 166 valence electrons. The second kappa shape index (κ2) is 8.84. The van der Waals surface area contributed by atoms with E-state index in [1.807, 2.05) is 13.8 Å². The Bertz CT molecular complexity index is 1080. The molecular weight excluding hydrogens is 406 g/mol. The Morgan fingerprint density at radius 3 is 2.71 bits per heavy atom. The summed E-state index contributed by atoms with van der Waals surface area (Å²) >= 11 is 0. The van der Waals surface area contributed by atoms with Crippen LogP contribution in [0.1, 0.15) is 38.1 Å². The molecule has 3 aromatic heterocycles. The molecule has 3 aromatic rings. The second-order valence-electron chi connectivity index (χ2n) is 8.11. The lowest BCUT2D eigenvalue weighted by Crippen LogP contribution is -2.42. The molecule has 0 aliphatic heterocycles. The first-order chi connectivity index (χ1) is 14.5. The topological polar surface area (TPSA) is 104 Å². The lowest BCUT2D eigenvalue weighted by Gasteiger charge is -2.23. The Labute approximate surface area is 178 Å². The number of amides is 1. The molecule has 0 bridgehead atoms. The fourth-order valence-corrected chi connectivity index (χ4v) is 2.84. The van der Waals surface area contributed by atoms with Crippen LogP contribution in [0.4, 0.5) is 26.0 Å². The minimum Gasteiger partial charge on any atom is -0.387 e. The number of fused-ring (bicyclic) bond motifs is 1. The highest BCUT2D eigenvalue weighted by atomic mass is 19.1. The molecule has 0 spiro atoms. The summed E-state index contributed by atoms with van der Waals surface area (Å²) in [7, 11) is 0. The highest BCUT2D eigenvalue weighted by Crippen LogP contribution is 2.24. The normalized spacial score (nSPS) is 12.8. The number of carbonyl (C=O) groups excluding carboxylic acids is 1. The summed E-state index contributed by atoms with van der Waals surface area (Å²) in [6.07, 6.45) is 2.50. The van der Waals surface area contributed by atoms with Gasteiger partial charge < -0.3 is 21.1 Å². The van der Waals surface area contributed by atoms with Crippen molar-refractivity contribution in [3.05, 3.63) is 48.2 Å². The monoisotopic (exact) mass is 432 g/mol. The SMILES string of the molecule is CC(C)Nc1cc(Nc2ccn3ncc(F)c3c2)ncc1C(=O)NCC(F)C(C)(C)O. The van der Waals surface area contributed by atoms with E-state index in [2.05, 4.69) is 26.0 Å². The number of halogens is 2. The smallest absolute Gasteiger partial charge is 0.255 e. The van der Waals surface area contributed by atoms with Crippen molar-refractivity contribution in [2.24, 2.45) is 0 Å². The van der Waals surface area contributed by atoms with Crippen molar-refractivity contribution in [1.29, 1.82) is 0 Å². The van der Waals surface area contributed by atoms with Crippen LogP contribution in [-0.4, -0.2) is 50.0 Å². The van der Waals surface area contributed by atoms with E-state index in [0.717, 1.165) is 6.20 Å². The van der Waals surface area contributed by atoms with E-state index in [0.29, 0.717) is 22.7 Å². The minimum atomic E-state index is -1.62.